The smallest absolute Gasteiger partial charge is 0.186 e. The molecule has 1 aromatic carbocycles. The Bertz CT molecular complexity index is 562. The van der Waals surface area contributed by atoms with E-state index in [9.17, 15) is 5.11 Å². The van der Waals surface area contributed by atoms with Gasteiger partial charge in [-0.2, -0.15) is 0 Å². The second-order valence-electron chi connectivity index (χ2n) is 7.79. The molecule has 24 heavy (non-hydrogen) atoms. The summed E-state index contributed by atoms with van der Waals surface area (Å²) in [5, 5.41) is 12.2. The summed E-state index contributed by atoms with van der Waals surface area (Å²) in [6, 6.07) is 11.1. The topological polar surface area (TPSA) is 57.2 Å². The Balaban J connectivity index is 1.74. The van der Waals surface area contributed by atoms with Crippen molar-refractivity contribution in [2.45, 2.75) is 69.5 Å². The van der Waals surface area contributed by atoms with E-state index in [-0.39, 0.29) is 12.2 Å². The summed E-state index contributed by atoms with van der Waals surface area (Å²) in [6.07, 6.45) is -2.15. The maximum absolute atomic E-state index is 10.9. The van der Waals surface area contributed by atoms with Crippen LogP contribution in [0.15, 0.2) is 30.3 Å². The molecule has 5 nitrogen and oxygen atoms in total. The summed E-state index contributed by atoms with van der Waals surface area (Å²) in [6.45, 7) is 8.29. The van der Waals surface area contributed by atoms with Crippen molar-refractivity contribution in [2.75, 3.05) is 7.11 Å². The Hall–Kier alpha value is -0.763. The molecule has 3 rings (SSSR count). The number of fused-ring (bicyclic) bond motifs is 1. The molecule has 0 saturated carbocycles. The summed E-state index contributed by atoms with van der Waals surface area (Å²) >= 11 is 0. The van der Waals surface area contributed by atoms with Gasteiger partial charge in [-0.1, -0.05) is 48.6 Å². The second kappa shape index (κ2) is 6.51. The average molecular weight is 353 g/mol. The van der Waals surface area contributed by atoms with Crippen LogP contribution in [0.25, 0.3) is 0 Å². The Morgan fingerprint density at radius 1 is 1.17 bits per heavy atom. The third-order valence-electron chi connectivity index (χ3n) is 4.93. The van der Waals surface area contributed by atoms with Crippen LogP contribution >= 0.6 is 0 Å². The lowest BCUT2D eigenvalue weighted by Crippen LogP contribution is -2.48. The molecular formula is C18H28O5Si. The molecule has 2 fully saturated rings. The van der Waals surface area contributed by atoms with Gasteiger partial charge >= 0.3 is 0 Å². The van der Waals surface area contributed by atoms with E-state index in [4.69, 9.17) is 18.9 Å². The number of ether oxygens (including phenoxy) is 4. The van der Waals surface area contributed by atoms with Gasteiger partial charge in [-0.05, 0) is 19.9 Å². The number of benzene rings is 1. The van der Waals surface area contributed by atoms with Crippen LogP contribution in [0.1, 0.15) is 13.8 Å². The molecule has 1 aromatic rings. The fraction of sp³-hybridized carbons (Fsp3) is 0.667. The van der Waals surface area contributed by atoms with Crippen molar-refractivity contribution in [3.63, 3.8) is 0 Å². The molecule has 2 heterocycles. The van der Waals surface area contributed by atoms with E-state index in [0.29, 0.717) is 6.04 Å². The zero-order valence-electron chi connectivity index (χ0n) is 15.1. The molecule has 0 spiro atoms. The first-order valence-electron chi connectivity index (χ1n) is 8.51. The number of hydrogen-bond acceptors (Lipinski definition) is 5. The third-order valence-corrected chi connectivity index (χ3v) is 8.27. The summed E-state index contributed by atoms with van der Waals surface area (Å²) in [5.41, 5.74) is 0. The van der Waals surface area contributed by atoms with E-state index in [1.807, 2.05) is 19.9 Å². The van der Waals surface area contributed by atoms with Crippen LogP contribution in [0, 0.1) is 0 Å². The molecule has 2 aliphatic rings. The molecule has 0 aromatic heterocycles. The summed E-state index contributed by atoms with van der Waals surface area (Å²) in [4.78, 5) is 0. The van der Waals surface area contributed by atoms with Crippen LogP contribution in [0.2, 0.25) is 19.1 Å². The molecule has 134 valence electrons. The van der Waals surface area contributed by atoms with Crippen molar-refractivity contribution >= 4 is 13.3 Å². The molecule has 0 radical (unpaired) electrons. The van der Waals surface area contributed by atoms with Crippen LogP contribution in [-0.2, 0) is 18.9 Å². The van der Waals surface area contributed by atoms with Crippen molar-refractivity contribution in [1.82, 2.24) is 0 Å². The first-order valence-corrected chi connectivity index (χ1v) is 11.7. The van der Waals surface area contributed by atoms with E-state index >= 15 is 0 Å². The molecular weight excluding hydrogens is 324 g/mol. The van der Waals surface area contributed by atoms with Crippen LogP contribution in [-0.4, -0.2) is 56.8 Å². The van der Waals surface area contributed by atoms with Gasteiger partial charge in [-0.25, -0.2) is 0 Å². The van der Waals surface area contributed by atoms with Crippen molar-refractivity contribution in [3.8, 4) is 0 Å². The highest BCUT2D eigenvalue weighted by atomic mass is 28.3. The van der Waals surface area contributed by atoms with Gasteiger partial charge < -0.3 is 24.1 Å². The third kappa shape index (κ3) is 3.45. The Morgan fingerprint density at radius 2 is 1.79 bits per heavy atom. The summed E-state index contributed by atoms with van der Waals surface area (Å²) < 4.78 is 23.2. The first kappa shape index (κ1) is 18.0. The van der Waals surface area contributed by atoms with Gasteiger partial charge in [0.05, 0.1) is 14.2 Å². The summed E-state index contributed by atoms with van der Waals surface area (Å²) in [7, 11) is -0.198. The van der Waals surface area contributed by atoms with E-state index in [1.54, 1.807) is 7.11 Å². The highest BCUT2D eigenvalue weighted by Gasteiger charge is 2.57. The first-order chi connectivity index (χ1) is 11.2. The van der Waals surface area contributed by atoms with Gasteiger partial charge in [0.1, 0.15) is 18.3 Å². The predicted octanol–water partition coefficient (Wildman–Crippen LogP) is 1.85. The molecule has 1 N–H and O–H groups in total. The van der Waals surface area contributed by atoms with E-state index < -0.39 is 32.4 Å². The molecule has 6 heteroatoms. The van der Waals surface area contributed by atoms with E-state index in [0.717, 1.165) is 0 Å². The van der Waals surface area contributed by atoms with Crippen molar-refractivity contribution < 1.29 is 24.1 Å². The largest absolute Gasteiger partial charge is 0.391 e. The predicted molar refractivity (Wildman–Crippen MR) is 93.9 cm³/mol. The SMILES string of the molecule is CO[C@@H]1O[C@H]([C@H](O)C[Si](C)(C)c2ccccc2)[C@H]2OC(C)(C)O[C@@H]12. The van der Waals surface area contributed by atoms with Gasteiger partial charge in [0.2, 0.25) is 0 Å². The van der Waals surface area contributed by atoms with Crippen LogP contribution in [0.5, 0.6) is 0 Å². The zero-order valence-corrected chi connectivity index (χ0v) is 16.1. The molecule has 2 aliphatic heterocycles. The number of methoxy groups -OCH3 is 1. The van der Waals surface area contributed by atoms with Crippen molar-refractivity contribution in [1.29, 1.82) is 0 Å². The Morgan fingerprint density at radius 3 is 2.42 bits per heavy atom. The lowest BCUT2D eigenvalue weighted by molar-refractivity contribution is -0.235. The van der Waals surface area contributed by atoms with Crippen molar-refractivity contribution in [3.05, 3.63) is 30.3 Å². The molecule has 5 atom stereocenters. The Kier molecular flexibility index (Phi) is 4.90. The Labute approximate surface area is 144 Å². The quantitative estimate of drug-likeness (QED) is 0.820. The lowest BCUT2D eigenvalue weighted by atomic mass is 10.1. The number of hydrogen-bond donors (Lipinski definition) is 1. The van der Waals surface area contributed by atoms with E-state index in [2.05, 4.69) is 37.4 Å². The molecule has 2 saturated heterocycles. The van der Waals surface area contributed by atoms with Crippen molar-refractivity contribution in [2.24, 2.45) is 0 Å². The maximum Gasteiger partial charge on any atom is 0.186 e. The summed E-state index contributed by atoms with van der Waals surface area (Å²) in [5.74, 6) is -0.680. The minimum absolute atomic E-state index is 0.300. The zero-order chi connectivity index (χ0) is 17.5. The monoisotopic (exact) mass is 352 g/mol. The standard InChI is InChI=1S/C18H28O5Si/c1-18(2)22-15-14(21-17(20-3)16(15)23-18)13(19)11-24(4,5)12-9-7-6-8-10-12/h6-10,13-17,19H,11H2,1-5H3/t13-,14-,15-,16-,17-/m1/s1. The van der Waals surface area contributed by atoms with Crippen LogP contribution < -0.4 is 5.19 Å². The van der Waals surface area contributed by atoms with Gasteiger partial charge in [-0.15, -0.1) is 0 Å². The lowest BCUT2D eigenvalue weighted by Gasteiger charge is -2.31. The minimum Gasteiger partial charge on any atom is -0.391 e. The van der Waals surface area contributed by atoms with Crippen LogP contribution in [0.3, 0.4) is 0 Å². The van der Waals surface area contributed by atoms with Gasteiger partial charge in [0.25, 0.3) is 0 Å². The number of aliphatic hydroxyl groups is 1. The molecule has 0 amide bonds. The number of aliphatic hydroxyl groups excluding tert-OH is 1. The molecule has 0 aliphatic carbocycles. The molecule has 0 unspecified atom stereocenters. The average Bonchev–Trinajstić information content (AvgIpc) is 3.00. The fourth-order valence-electron chi connectivity index (χ4n) is 3.74. The van der Waals surface area contributed by atoms with Crippen LogP contribution in [0.4, 0.5) is 0 Å². The molecule has 0 bridgehead atoms. The second-order valence-corrected chi connectivity index (χ2v) is 12.5. The van der Waals surface area contributed by atoms with Gasteiger partial charge in [0.15, 0.2) is 12.1 Å². The maximum atomic E-state index is 10.9. The highest BCUT2D eigenvalue weighted by molar-refractivity contribution is 6.89. The van der Waals surface area contributed by atoms with Gasteiger partial charge in [-0.3, -0.25) is 0 Å². The highest BCUT2D eigenvalue weighted by Crippen LogP contribution is 2.40. The van der Waals surface area contributed by atoms with Gasteiger partial charge in [0, 0.05) is 7.11 Å². The number of rotatable bonds is 5. The fourth-order valence-corrected chi connectivity index (χ4v) is 6.35. The van der Waals surface area contributed by atoms with E-state index in [1.165, 1.54) is 5.19 Å². The normalized spacial score (nSPS) is 33.4. The minimum atomic E-state index is -1.79.